The number of carbonyl (C=O) groups excluding carboxylic acids is 1. The Morgan fingerprint density at radius 3 is 2.52 bits per heavy atom. The topological polar surface area (TPSA) is 23.6 Å². The first kappa shape index (κ1) is 16.5. The SMILES string of the molecule is Cc1ccccc1CN1CCCC(C(=O)N2CCCCCC2)C1. The van der Waals surface area contributed by atoms with Gasteiger partial charge in [0, 0.05) is 26.2 Å². The van der Waals surface area contributed by atoms with Crippen molar-refractivity contribution in [1.29, 1.82) is 0 Å². The molecule has 2 saturated heterocycles. The lowest BCUT2D eigenvalue weighted by atomic mass is 9.95. The minimum Gasteiger partial charge on any atom is -0.342 e. The van der Waals surface area contributed by atoms with Crippen LogP contribution in [0.5, 0.6) is 0 Å². The molecule has 1 amide bonds. The van der Waals surface area contributed by atoms with Crippen LogP contribution in [0.25, 0.3) is 0 Å². The zero-order valence-electron chi connectivity index (χ0n) is 14.5. The number of hydrogen-bond donors (Lipinski definition) is 0. The average molecular weight is 314 g/mol. The number of carbonyl (C=O) groups is 1. The van der Waals surface area contributed by atoms with Gasteiger partial charge in [0.15, 0.2) is 0 Å². The van der Waals surface area contributed by atoms with Crippen molar-refractivity contribution in [1.82, 2.24) is 9.80 Å². The highest BCUT2D eigenvalue weighted by Crippen LogP contribution is 2.23. The fourth-order valence-electron chi connectivity index (χ4n) is 3.98. The standard InChI is InChI=1S/C20H30N2O/c1-17-9-4-5-10-18(17)15-21-12-8-11-19(16-21)20(23)22-13-6-2-3-7-14-22/h4-5,9-10,19H,2-3,6-8,11-16H2,1H3. The van der Waals surface area contributed by atoms with E-state index in [1.165, 1.54) is 36.8 Å². The minimum absolute atomic E-state index is 0.214. The Hall–Kier alpha value is -1.35. The van der Waals surface area contributed by atoms with Gasteiger partial charge in [-0.3, -0.25) is 9.69 Å². The van der Waals surface area contributed by atoms with E-state index in [9.17, 15) is 4.79 Å². The summed E-state index contributed by atoms with van der Waals surface area (Å²) in [6.45, 7) is 7.18. The van der Waals surface area contributed by atoms with Gasteiger partial charge in [0.05, 0.1) is 5.92 Å². The average Bonchev–Trinajstić information content (AvgIpc) is 2.86. The molecule has 0 bridgehead atoms. The second kappa shape index (κ2) is 7.96. The Balaban J connectivity index is 1.59. The van der Waals surface area contributed by atoms with Crippen LogP contribution >= 0.6 is 0 Å². The zero-order chi connectivity index (χ0) is 16.1. The molecule has 3 heteroatoms. The second-order valence-corrected chi connectivity index (χ2v) is 7.24. The van der Waals surface area contributed by atoms with Gasteiger partial charge in [0.25, 0.3) is 0 Å². The first-order valence-corrected chi connectivity index (χ1v) is 9.29. The number of aryl methyl sites for hydroxylation is 1. The van der Waals surface area contributed by atoms with Crippen LogP contribution in [0.3, 0.4) is 0 Å². The van der Waals surface area contributed by atoms with E-state index in [4.69, 9.17) is 0 Å². The van der Waals surface area contributed by atoms with E-state index >= 15 is 0 Å². The summed E-state index contributed by atoms with van der Waals surface area (Å²) in [5.41, 5.74) is 2.75. The summed E-state index contributed by atoms with van der Waals surface area (Å²) in [5, 5.41) is 0. The maximum atomic E-state index is 12.9. The lowest BCUT2D eigenvalue weighted by Crippen LogP contribution is -2.44. The number of benzene rings is 1. The van der Waals surface area contributed by atoms with Crippen molar-refractivity contribution in [2.45, 2.75) is 52.0 Å². The van der Waals surface area contributed by atoms with Gasteiger partial charge in [-0.05, 0) is 50.3 Å². The molecule has 1 unspecified atom stereocenters. The molecule has 2 fully saturated rings. The summed E-state index contributed by atoms with van der Waals surface area (Å²) in [7, 11) is 0. The van der Waals surface area contributed by atoms with E-state index in [1.807, 2.05) is 0 Å². The Morgan fingerprint density at radius 1 is 1.04 bits per heavy atom. The maximum absolute atomic E-state index is 12.9. The molecule has 0 spiro atoms. The van der Waals surface area contributed by atoms with E-state index in [2.05, 4.69) is 41.0 Å². The molecule has 2 aliphatic rings. The predicted molar refractivity (Wildman–Crippen MR) is 94.2 cm³/mol. The second-order valence-electron chi connectivity index (χ2n) is 7.24. The van der Waals surface area contributed by atoms with Gasteiger partial charge < -0.3 is 4.90 Å². The van der Waals surface area contributed by atoms with Crippen LogP contribution in [0.15, 0.2) is 24.3 Å². The summed E-state index contributed by atoms with van der Waals surface area (Å²) < 4.78 is 0. The Labute approximate surface area is 140 Å². The highest BCUT2D eigenvalue weighted by Gasteiger charge is 2.29. The normalized spacial score (nSPS) is 23.5. The van der Waals surface area contributed by atoms with Gasteiger partial charge in [0.1, 0.15) is 0 Å². The van der Waals surface area contributed by atoms with Crippen molar-refractivity contribution in [3.8, 4) is 0 Å². The number of piperidine rings is 1. The third-order valence-corrected chi connectivity index (χ3v) is 5.43. The molecule has 0 N–H and O–H groups in total. The lowest BCUT2D eigenvalue weighted by Gasteiger charge is -2.35. The van der Waals surface area contributed by atoms with Crippen LogP contribution < -0.4 is 0 Å². The van der Waals surface area contributed by atoms with Gasteiger partial charge in [-0.1, -0.05) is 37.1 Å². The van der Waals surface area contributed by atoms with E-state index in [-0.39, 0.29) is 5.92 Å². The maximum Gasteiger partial charge on any atom is 0.226 e. The van der Waals surface area contributed by atoms with Crippen molar-refractivity contribution >= 4 is 5.91 Å². The third-order valence-electron chi connectivity index (χ3n) is 5.43. The van der Waals surface area contributed by atoms with Gasteiger partial charge in [-0.25, -0.2) is 0 Å². The fraction of sp³-hybridized carbons (Fsp3) is 0.650. The van der Waals surface area contributed by atoms with Crippen LogP contribution in [0.4, 0.5) is 0 Å². The van der Waals surface area contributed by atoms with Crippen molar-refractivity contribution in [3.63, 3.8) is 0 Å². The molecule has 2 heterocycles. The van der Waals surface area contributed by atoms with E-state index in [1.54, 1.807) is 0 Å². The Bertz CT molecular complexity index is 520. The molecule has 0 radical (unpaired) electrons. The minimum atomic E-state index is 0.214. The predicted octanol–water partition coefficient (Wildman–Crippen LogP) is 3.61. The molecule has 3 rings (SSSR count). The molecule has 1 aromatic carbocycles. The van der Waals surface area contributed by atoms with E-state index in [0.717, 1.165) is 45.6 Å². The van der Waals surface area contributed by atoms with Crippen molar-refractivity contribution < 1.29 is 4.79 Å². The molecule has 1 atom stereocenters. The number of likely N-dealkylation sites (tertiary alicyclic amines) is 2. The van der Waals surface area contributed by atoms with Crippen LogP contribution in [0.2, 0.25) is 0 Å². The third kappa shape index (κ3) is 4.35. The van der Waals surface area contributed by atoms with E-state index < -0.39 is 0 Å². The largest absolute Gasteiger partial charge is 0.342 e. The lowest BCUT2D eigenvalue weighted by molar-refractivity contribution is -0.137. The summed E-state index contributed by atoms with van der Waals surface area (Å²) in [6, 6.07) is 8.61. The van der Waals surface area contributed by atoms with Crippen LogP contribution in [-0.4, -0.2) is 41.9 Å². The Morgan fingerprint density at radius 2 is 1.78 bits per heavy atom. The highest BCUT2D eigenvalue weighted by molar-refractivity contribution is 5.79. The van der Waals surface area contributed by atoms with Gasteiger partial charge in [0.2, 0.25) is 5.91 Å². The fourth-order valence-corrected chi connectivity index (χ4v) is 3.98. The van der Waals surface area contributed by atoms with Gasteiger partial charge in [-0.2, -0.15) is 0 Å². The van der Waals surface area contributed by atoms with Crippen molar-refractivity contribution in [2.75, 3.05) is 26.2 Å². The molecule has 23 heavy (non-hydrogen) atoms. The molecule has 0 aliphatic carbocycles. The zero-order valence-corrected chi connectivity index (χ0v) is 14.5. The molecular formula is C20H30N2O. The molecule has 1 aromatic rings. The van der Waals surface area contributed by atoms with Crippen molar-refractivity contribution in [3.05, 3.63) is 35.4 Å². The number of rotatable bonds is 3. The summed E-state index contributed by atoms with van der Waals surface area (Å²) in [6.07, 6.45) is 7.16. The van der Waals surface area contributed by atoms with Crippen LogP contribution in [0, 0.1) is 12.8 Å². The summed E-state index contributed by atoms with van der Waals surface area (Å²) >= 11 is 0. The molecule has 0 saturated carbocycles. The number of amides is 1. The summed E-state index contributed by atoms with van der Waals surface area (Å²) in [5.74, 6) is 0.632. The number of nitrogens with zero attached hydrogens (tertiary/aromatic N) is 2. The van der Waals surface area contributed by atoms with Crippen molar-refractivity contribution in [2.24, 2.45) is 5.92 Å². The Kier molecular flexibility index (Phi) is 5.71. The molecular weight excluding hydrogens is 284 g/mol. The first-order valence-electron chi connectivity index (χ1n) is 9.29. The first-order chi connectivity index (χ1) is 11.2. The quantitative estimate of drug-likeness (QED) is 0.851. The molecule has 0 aromatic heterocycles. The van der Waals surface area contributed by atoms with Gasteiger partial charge >= 0.3 is 0 Å². The number of hydrogen-bond acceptors (Lipinski definition) is 2. The molecule has 126 valence electrons. The smallest absolute Gasteiger partial charge is 0.226 e. The highest BCUT2D eigenvalue weighted by atomic mass is 16.2. The van der Waals surface area contributed by atoms with Gasteiger partial charge in [-0.15, -0.1) is 0 Å². The van der Waals surface area contributed by atoms with Crippen LogP contribution in [-0.2, 0) is 11.3 Å². The van der Waals surface area contributed by atoms with E-state index in [0.29, 0.717) is 5.91 Å². The van der Waals surface area contributed by atoms with Crippen LogP contribution in [0.1, 0.15) is 49.7 Å². The monoisotopic (exact) mass is 314 g/mol. The summed E-state index contributed by atoms with van der Waals surface area (Å²) in [4.78, 5) is 17.5. The molecule has 2 aliphatic heterocycles. The molecule has 3 nitrogen and oxygen atoms in total.